The molecule has 0 spiro atoms. The molecular formula is C17H20BrNO. The molecule has 0 aliphatic carbocycles. The Balaban J connectivity index is 2.21. The van der Waals surface area contributed by atoms with Crippen molar-refractivity contribution in [3.8, 4) is 5.75 Å². The average molecular weight is 334 g/mol. The van der Waals surface area contributed by atoms with E-state index < -0.39 is 0 Å². The van der Waals surface area contributed by atoms with Crippen LogP contribution >= 0.6 is 15.9 Å². The molecule has 0 aliphatic heterocycles. The van der Waals surface area contributed by atoms with Crippen molar-refractivity contribution in [2.24, 2.45) is 0 Å². The first-order valence-corrected chi connectivity index (χ1v) is 7.68. The Hall–Kier alpha value is -1.32. The molecule has 2 aromatic carbocycles. The summed E-state index contributed by atoms with van der Waals surface area (Å²) in [5.74, 6) is 0.922. The third kappa shape index (κ3) is 4.09. The van der Waals surface area contributed by atoms with Gasteiger partial charge in [0, 0.05) is 11.0 Å². The first-order valence-electron chi connectivity index (χ1n) is 6.89. The van der Waals surface area contributed by atoms with Gasteiger partial charge >= 0.3 is 0 Å². The van der Waals surface area contributed by atoms with Crippen LogP contribution in [-0.4, -0.2) is 13.1 Å². The van der Waals surface area contributed by atoms with Gasteiger partial charge in [-0.05, 0) is 36.7 Å². The summed E-state index contributed by atoms with van der Waals surface area (Å²) in [5.41, 5.74) is 2.33. The smallest absolute Gasteiger partial charge is 0.136 e. The zero-order valence-corrected chi connectivity index (χ0v) is 13.5. The molecule has 0 bridgehead atoms. The molecule has 0 fully saturated rings. The monoisotopic (exact) mass is 333 g/mol. The Morgan fingerprint density at radius 3 is 2.60 bits per heavy atom. The van der Waals surface area contributed by atoms with E-state index in [4.69, 9.17) is 4.74 Å². The number of aryl methyl sites for hydroxylation is 1. The van der Waals surface area contributed by atoms with Crippen molar-refractivity contribution in [1.82, 2.24) is 5.32 Å². The van der Waals surface area contributed by atoms with Crippen molar-refractivity contribution in [1.29, 1.82) is 0 Å². The third-order valence-corrected chi connectivity index (χ3v) is 3.66. The molecule has 0 amide bonds. The Morgan fingerprint density at radius 1 is 1.15 bits per heavy atom. The van der Waals surface area contributed by atoms with Crippen LogP contribution in [0.3, 0.4) is 0 Å². The fourth-order valence-electron chi connectivity index (χ4n) is 2.02. The molecule has 1 unspecified atom stereocenters. The molecule has 0 aliphatic rings. The van der Waals surface area contributed by atoms with Crippen molar-refractivity contribution in [3.63, 3.8) is 0 Å². The van der Waals surface area contributed by atoms with Crippen LogP contribution in [0, 0.1) is 6.92 Å². The van der Waals surface area contributed by atoms with E-state index in [2.05, 4.69) is 53.3 Å². The number of rotatable bonds is 6. The van der Waals surface area contributed by atoms with Gasteiger partial charge in [0.1, 0.15) is 11.9 Å². The lowest BCUT2D eigenvalue weighted by atomic mass is 10.1. The van der Waals surface area contributed by atoms with Gasteiger partial charge in [0.25, 0.3) is 0 Å². The minimum Gasteiger partial charge on any atom is -0.484 e. The summed E-state index contributed by atoms with van der Waals surface area (Å²) >= 11 is 3.50. The second-order valence-corrected chi connectivity index (χ2v) is 5.65. The highest BCUT2D eigenvalue weighted by molar-refractivity contribution is 9.10. The normalized spacial score (nSPS) is 12.2. The van der Waals surface area contributed by atoms with Crippen LogP contribution in [0.1, 0.15) is 24.2 Å². The number of ether oxygens (including phenoxy) is 1. The average Bonchev–Trinajstić information content (AvgIpc) is 2.48. The second kappa shape index (κ2) is 7.46. The van der Waals surface area contributed by atoms with E-state index in [1.807, 2.05) is 30.3 Å². The van der Waals surface area contributed by atoms with Gasteiger partial charge in [-0.25, -0.2) is 0 Å². The number of benzene rings is 2. The van der Waals surface area contributed by atoms with E-state index in [0.29, 0.717) is 0 Å². The predicted molar refractivity (Wildman–Crippen MR) is 87.2 cm³/mol. The number of hydrogen-bond acceptors (Lipinski definition) is 2. The molecule has 2 nitrogen and oxygen atoms in total. The van der Waals surface area contributed by atoms with E-state index in [-0.39, 0.29) is 6.10 Å². The molecule has 106 valence electrons. The summed E-state index contributed by atoms with van der Waals surface area (Å²) in [4.78, 5) is 0. The van der Waals surface area contributed by atoms with Gasteiger partial charge in [0.2, 0.25) is 0 Å². The van der Waals surface area contributed by atoms with Gasteiger partial charge in [0.05, 0.1) is 0 Å². The summed E-state index contributed by atoms with van der Waals surface area (Å²) in [7, 11) is 0. The van der Waals surface area contributed by atoms with Gasteiger partial charge < -0.3 is 10.1 Å². The Labute approximate surface area is 129 Å². The first kappa shape index (κ1) is 15.1. The molecule has 1 N–H and O–H groups in total. The van der Waals surface area contributed by atoms with Crippen LogP contribution in [0.2, 0.25) is 0 Å². The minimum absolute atomic E-state index is 0.0177. The lowest BCUT2D eigenvalue weighted by Gasteiger charge is -2.21. The highest BCUT2D eigenvalue weighted by Gasteiger charge is 2.14. The van der Waals surface area contributed by atoms with Gasteiger partial charge in [-0.3, -0.25) is 0 Å². The first-order chi connectivity index (χ1) is 9.70. The molecular weight excluding hydrogens is 314 g/mol. The van der Waals surface area contributed by atoms with Crippen LogP contribution in [0.4, 0.5) is 0 Å². The summed E-state index contributed by atoms with van der Waals surface area (Å²) in [5, 5.41) is 3.36. The third-order valence-electron chi connectivity index (χ3n) is 3.17. The van der Waals surface area contributed by atoms with Crippen molar-refractivity contribution >= 4 is 15.9 Å². The van der Waals surface area contributed by atoms with Crippen molar-refractivity contribution < 1.29 is 4.74 Å². The van der Waals surface area contributed by atoms with Gasteiger partial charge in [-0.15, -0.1) is 0 Å². The zero-order chi connectivity index (χ0) is 14.4. The number of halogens is 1. The van der Waals surface area contributed by atoms with Gasteiger partial charge in [0.15, 0.2) is 0 Å². The second-order valence-electron chi connectivity index (χ2n) is 4.73. The lowest BCUT2D eigenvalue weighted by molar-refractivity contribution is 0.201. The van der Waals surface area contributed by atoms with Crippen molar-refractivity contribution in [3.05, 3.63) is 64.1 Å². The zero-order valence-electron chi connectivity index (χ0n) is 11.9. The number of hydrogen-bond donors (Lipinski definition) is 1. The van der Waals surface area contributed by atoms with Crippen LogP contribution in [-0.2, 0) is 0 Å². The van der Waals surface area contributed by atoms with E-state index in [1.54, 1.807) is 0 Å². The molecule has 0 aromatic heterocycles. The molecule has 0 radical (unpaired) electrons. The van der Waals surface area contributed by atoms with Gasteiger partial charge in [-0.1, -0.05) is 59.3 Å². The molecule has 1 atom stereocenters. The topological polar surface area (TPSA) is 21.3 Å². The van der Waals surface area contributed by atoms with Gasteiger partial charge in [-0.2, -0.15) is 0 Å². The van der Waals surface area contributed by atoms with Crippen LogP contribution in [0.15, 0.2) is 53.0 Å². The SMILES string of the molecule is CCNCC(Oc1cc(Br)ccc1C)c1ccccc1. The fraction of sp³-hybridized carbons (Fsp3) is 0.294. The van der Waals surface area contributed by atoms with Crippen molar-refractivity contribution in [2.75, 3.05) is 13.1 Å². The highest BCUT2D eigenvalue weighted by atomic mass is 79.9. The molecule has 20 heavy (non-hydrogen) atoms. The molecule has 0 saturated carbocycles. The van der Waals surface area contributed by atoms with E-state index in [0.717, 1.165) is 28.9 Å². The Bertz CT molecular complexity index is 542. The molecule has 2 rings (SSSR count). The Kier molecular flexibility index (Phi) is 5.62. The van der Waals surface area contributed by atoms with E-state index in [9.17, 15) is 0 Å². The molecule has 0 heterocycles. The number of likely N-dealkylation sites (N-methyl/N-ethyl adjacent to an activating group) is 1. The number of nitrogens with one attached hydrogen (secondary N) is 1. The predicted octanol–water partition coefficient (Wildman–Crippen LogP) is 4.49. The maximum Gasteiger partial charge on any atom is 0.136 e. The highest BCUT2D eigenvalue weighted by Crippen LogP contribution is 2.27. The maximum absolute atomic E-state index is 6.22. The lowest BCUT2D eigenvalue weighted by Crippen LogP contribution is -2.25. The summed E-state index contributed by atoms with van der Waals surface area (Å²) in [6.07, 6.45) is 0.0177. The summed E-state index contributed by atoms with van der Waals surface area (Å²) < 4.78 is 7.26. The van der Waals surface area contributed by atoms with Crippen molar-refractivity contribution in [2.45, 2.75) is 20.0 Å². The standard InChI is InChI=1S/C17H20BrNO/c1-3-19-12-17(14-7-5-4-6-8-14)20-16-11-15(18)10-9-13(16)2/h4-11,17,19H,3,12H2,1-2H3. The van der Waals surface area contributed by atoms with Crippen LogP contribution < -0.4 is 10.1 Å². The summed E-state index contributed by atoms with van der Waals surface area (Å²) in [6.45, 7) is 5.90. The van der Waals surface area contributed by atoms with E-state index >= 15 is 0 Å². The Morgan fingerprint density at radius 2 is 1.90 bits per heavy atom. The molecule has 0 saturated heterocycles. The molecule has 3 heteroatoms. The quantitative estimate of drug-likeness (QED) is 0.841. The largest absolute Gasteiger partial charge is 0.484 e. The van der Waals surface area contributed by atoms with Crippen LogP contribution in [0.5, 0.6) is 5.75 Å². The minimum atomic E-state index is 0.0177. The maximum atomic E-state index is 6.22. The van der Waals surface area contributed by atoms with Crippen LogP contribution in [0.25, 0.3) is 0 Å². The van der Waals surface area contributed by atoms with E-state index in [1.165, 1.54) is 5.56 Å². The summed E-state index contributed by atoms with van der Waals surface area (Å²) in [6, 6.07) is 16.5. The fourth-order valence-corrected chi connectivity index (χ4v) is 2.36. The molecule has 2 aromatic rings.